The fourth-order valence-electron chi connectivity index (χ4n) is 1.88. The molecule has 0 heterocycles. The second-order valence-corrected chi connectivity index (χ2v) is 5.93. The Hall–Kier alpha value is -2.11. The van der Waals surface area contributed by atoms with Crippen molar-refractivity contribution in [2.45, 2.75) is 33.3 Å². The fourth-order valence-corrected chi connectivity index (χ4v) is 1.88. The minimum atomic E-state index is -0.910. The van der Waals surface area contributed by atoms with Crippen LogP contribution in [0.1, 0.15) is 37.6 Å². The number of benzene rings is 1. The highest BCUT2D eigenvalue weighted by molar-refractivity contribution is 5.79. The molecule has 1 aromatic carbocycles. The molecule has 0 radical (unpaired) electrons. The van der Waals surface area contributed by atoms with Gasteiger partial charge in [0, 0.05) is 6.07 Å². The van der Waals surface area contributed by atoms with Crippen molar-refractivity contribution < 1.29 is 23.5 Å². The molecule has 1 amide bonds. The summed E-state index contributed by atoms with van der Waals surface area (Å²) < 4.78 is 23.7. The third kappa shape index (κ3) is 6.25. The van der Waals surface area contributed by atoms with Gasteiger partial charge in [0.2, 0.25) is 0 Å². The molecule has 1 aromatic rings. The van der Waals surface area contributed by atoms with E-state index in [1.54, 1.807) is 0 Å². The third-order valence-electron chi connectivity index (χ3n) is 2.65. The Morgan fingerprint density at radius 2 is 2.10 bits per heavy atom. The Bertz CT molecular complexity index is 511. The number of amides is 1. The Labute approximate surface area is 123 Å². The molecule has 21 heavy (non-hydrogen) atoms. The van der Waals surface area contributed by atoms with Crippen molar-refractivity contribution in [3.63, 3.8) is 0 Å². The zero-order chi connectivity index (χ0) is 16.0. The molecular weight excluding hydrogens is 277 g/mol. The fraction of sp³-hybridized carbons (Fsp3) is 0.467. The monoisotopic (exact) mass is 297 g/mol. The number of primary amides is 1. The van der Waals surface area contributed by atoms with Crippen LogP contribution in [0.3, 0.4) is 0 Å². The maximum absolute atomic E-state index is 13.3. The van der Waals surface area contributed by atoms with Crippen molar-refractivity contribution in [2.75, 3.05) is 6.61 Å². The minimum Gasteiger partial charge on any atom is -0.486 e. The van der Waals surface area contributed by atoms with Crippen LogP contribution in [0, 0.1) is 11.2 Å². The molecule has 0 aliphatic carbocycles. The number of hydrogen-bond acceptors (Lipinski definition) is 4. The van der Waals surface area contributed by atoms with Gasteiger partial charge in [-0.25, -0.2) is 9.18 Å². The average Bonchev–Trinajstić information content (AvgIpc) is 2.34. The highest BCUT2D eigenvalue weighted by Gasteiger charge is 2.22. The van der Waals surface area contributed by atoms with Gasteiger partial charge in [0.1, 0.15) is 24.3 Å². The van der Waals surface area contributed by atoms with Crippen molar-refractivity contribution in [1.29, 1.82) is 0 Å². The smallest absolute Gasteiger partial charge is 0.404 e. The maximum Gasteiger partial charge on any atom is 0.404 e. The van der Waals surface area contributed by atoms with Gasteiger partial charge in [0.15, 0.2) is 6.29 Å². The maximum atomic E-state index is 13.3. The molecule has 0 saturated heterocycles. The van der Waals surface area contributed by atoms with E-state index >= 15 is 0 Å². The highest BCUT2D eigenvalue weighted by Crippen LogP contribution is 2.26. The van der Waals surface area contributed by atoms with Crippen LogP contribution in [0.2, 0.25) is 0 Å². The number of rotatable bonds is 6. The Kier molecular flexibility index (Phi) is 5.69. The Morgan fingerprint density at radius 3 is 2.62 bits per heavy atom. The molecular formula is C15H20FNO4. The van der Waals surface area contributed by atoms with Crippen molar-refractivity contribution in [3.8, 4) is 5.75 Å². The predicted molar refractivity (Wildman–Crippen MR) is 75.8 cm³/mol. The summed E-state index contributed by atoms with van der Waals surface area (Å²) in [6.45, 7) is 5.89. The largest absolute Gasteiger partial charge is 0.486 e. The zero-order valence-corrected chi connectivity index (χ0v) is 12.4. The Balaban J connectivity index is 2.91. The quantitative estimate of drug-likeness (QED) is 0.819. The van der Waals surface area contributed by atoms with E-state index in [4.69, 9.17) is 15.2 Å². The van der Waals surface area contributed by atoms with Crippen LogP contribution in [0.25, 0.3) is 0 Å². The summed E-state index contributed by atoms with van der Waals surface area (Å²) in [7, 11) is 0. The topological polar surface area (TPSA) is 78.6 Å². The first-order valence-corrected chi connectivity index (χ1v) is 6.55. The molecule has 0 aliphatic heterocycles. The molecule has 0 spiro atoms. The molecule has 1 unspecified atom stereocenters. The summed E-state index contributed by atoms with van der Waals surface area (Å²) in [4.78, 5) is 21.7. The van der Waals surface area contributed by atoms with Gasteiger partial charge in [0.25, 0.3) is 0 Å². The van der Waals surface area contributed by atoms with Crippen LogP contribution in [-0.4, -0.2) is 25.1 Å². The standard InChI is InChI=1S/C15H20FNO4/c1-15(2,3)7-12(9-20-14(17)19)21-13-6-11(16)5-4-10(13)8-18/h4-6,8,12H,7,9H2,1-3H3,(H2,17,19). The van der Waals surface area contributed by atoms with Gasteiger partial charge in [-0.2, -0.15) is 0 Å². The molecule has 5 nitrogen and oxygen atoms in total. The second kappa shape index (κ2) is 7.06. The summed E-state index contributed by atoms with van der Waals surface area (Å²) in [5.74, 6) is -0.395. The minimum absolute atomic E-state index is 0.0680. The van der Waals surface area contributed by atoms with E-state index in [9.17, 15) is 14.0 Å². The van der Waals surface area contributed by atoms with E-state index < -0.39 is 18.0 Å². The zero-order valence-electron chi connectivity index (χ0n) is 12.4. The predicted octanol–water partition coefficient (Wildman–Crippen LogP) is 2.92. The van der Waals surface area contributed by atoms with Gasteiger partial charge < -0.3 is 15.2 Å². The van der Waals surface area contributed by atoms with E-state index in [-0.39, 0.29) is 23.3 Å². The molecule has 0 fully saturated rings. The normalized spacial score (nSPS) is 12.6. The van der Waals surface area contributed by atoms with Crippen LogP contribution in [0.4, 0.5) is 9.18 Å². The molecule has 116 valence electrons. The number of hydrogen-bond donors (Lipinski definition) is 1. The first-order valence-electron chi connectivity index (χ1n) is 6.55. The lowest BCUT2D eigenvalue weighted by atomic mass is 9.89. The second-order valence-electron chi connectivity index (χ2n) is 5.93. The summed E-state index contributed by atoms with van der Waals surface area (Å²) in [5, 5.41) is 0. The van der Waals surface area contributed by atoms with Crippen LogP contribution >= 0.6 is 0 Å². The molecule has 6 heteroatoms. The molecule has 0 saturated carbocycles. The summed E-state index contributed by atoms with van der Waals surface area (Å²) >= 11 is 0. The summed E-state index contributed by atoms with van der Waals surface area (Å²) in [6, 6.07) is 3.64. The van der Waals surface area contributed by atoms with Gasteiger partial charge in [-0.05, 0) is 24.0 Å². The molecule has 0 aliphatic rings. The summed E-state index contributed by atoms with van der Waals surface area (Å²) in [5.41, 5.74) is 5.07. The number of aldehydes is 1. The van der Waals surface area contributed by atoms with Crippen LogP contribution in [0.15, 0.2) is 18.2 Å². The molecule has 0 bridgehead atoms. The lowest BCUT2D eigenvalue weighted by Crippen LogP contribution is -2.31. The molecule has 0 aromatic heterocycles. The molecule has 1 rings (SSSR count). The third-order valence-corrected chi connectivity index (χ3v) is 2.65. The van der Waals surface area contributed by atoms with E-state index in [2.05, 4.69) is 0 Å². The van der Waals surface area contributed by atoms with Gasteiger partial charge in [-0.15, -0.1) is 0 Å². The molecule has 2 N–H and O–H groups in total. The van der Waals surface area contributed by atoms with Gasteiger partial charge in [0.05, 0.1) is 5.56 Å². The van der Waals surface area contributed by atoms with E-state index in [1.165, 1.54) is 12.1 Å². The number of halogens is 1. The van der Waals surface area contributed by atoms with Gasteiger partial charge in [-0.1, -0.05) is 20.8 Å². The van der Waals surface area contributed by atoms with Gasteiger partial charge >= 0.3 is 6.09 Å². The average molecular weight is 297 g/mol. The number of carbonyl (C=O) groups excluding carboxylic acids is 2. The van der Waals surface area contributed by atoms with E-state index in [0.717, 1.165) is 6.07 Å². The lowest BCUT2D eigenvalue weighted by Gasteiger charge is -2.26. The SMILES string of the molecule is CC(C)(C)CC(COC(N)=O)Oc1cc(F)ccc1C=O. The van der Waals surface area contributed by atoms with Crippen molar-refractivity contribution >= 4 is 12.4 Å². The van der Waals surface area contributed by atoms with Crippen molar-refractivity contribution in [3.05, 3.63) is 29.6 Å². The van der Waals surface area contributed by atoms with Crippen LogP contribution in [-0.2, 0) is 4.74 Å². The first kappa shape index (κ1) is 16.9. The highest BCUT2D eigenvalue weighted by atomic mass is 19.1. The Morgan fingerprint density at radius 1 is 1.43 bits per heavy atom. The number of nitrogens with two attached hydrogens (primary N) is 1. The number of carbonyl (C=O) groups is 2. The van der Waals surface area contributed by atoms with Crippen LogP contribution < -0.4 is 10.5 Å². The van der Waals surface area contributed by atoms with Crippen molar-refractivity contribution in [1.82, 2.24) is 0 Å². The summed E-state index contributed by atoms with van der Waals surface area (Å²) in [6.07, 6.45) is -0.321. The molecule has 1 atom stereocenters. The number of ether oxygens (including phenoxy) is 2. The van der Waals surface area contributed by atoms with Gasteiger partial charge in [-0.3, -0.25) is 4.79 Å². The van der Waals surface area contributed by atoms with E-state index in [1.807, 2.05) is 20.8 Å². The van der Waals surface area contributed by atoms with Crippen LogP contribution in [0.5, 0.6) is 5.75 Å². The van der Waals surface area contributed by atoms with E-state index in [0.29, 0.717) is 12.7 Å². The lowest BCUT2D eigenvalue weighted by molar-refractivity contribution is 0.0622. The van der Waals surface area contributed by atoms with Crippen molar-refractivity contribution in [2.24, 2.45) is 11.1 Å². The first-order chi connectivity index (χ1) is 9.71.